The highest BCUT2D eigenvalue weighted by Crippen LogP contribution is 2.24. The van der Waals surface area contributed by atoms with Gasteiger partial charge in [0.2, 0.25) is 0 Å². The first-order chi connectivity index (χ1) is 27.0. The van der Waals surface area contributed by atoms with Gasteiger partial charge < -0.3 is 34.3 Å². The fraction of sp³-hybridized carbons (Fsp3) is 0.953. The molecule has 332 valence electrons. The standard InChI is InChI=1S/C43H82O12S/c1-3-5-7-9-11-13-15-16-17-18-19-20-22-23-25-27-29-31-38(44)52-33-36(54-39(45)32-30-28-26-24-21-14-12-10-8-6-4-2)34-53-43-42(48)41(47)40(46)37(55-43)35-56(49,50)51/h36-37,40-43,46-48H,3-35H2,1-2H3,(H,49,50,51)/t36-,37-,40-,41+,42-,43+/m1/s1. The minimum absolute atomic E-state index is 0.171. The van der Waals surface area contributed by atoms with Gasteiger partial charge in [-0.05, 0) is 12.8 Å². The van der Waals surface area contributed by atoms with Gasteiger partial charge in [0.05, 0.1) is 6.61 Å². The zero-order valence-corrected chi connectivity index (χ0v) is 36.1. The maximum Gasteiger partial charge on any atom is 0.306 e. The molecule has 0 aromatic rings. The van der Waals surface area contributed by atoms with Gasteiger partial charge in [-0.15, -0.1) is 0 Å². The van der Waals surface area contributed by atoms with Gasteiger partial charge in [-0.1, -0.05) is 181 Å². The van der Waals surface area contributed by atoms with Crippen LogP contribution in [0.25, 0.3) is 0 Å². The predicted octanol–water partition coefficient (Wildman–Crippen LogP) is 8.90. The number of rotatable bonds is 38. The van der Waals surface area contributed by atoms with Gasteiger partial charge in [-0.3, -0.25) is 14.1 Å². The summed E-state index contributed by atoms with van der Waals surface area (Å²) >= 11 is 0. The Balaban J connectivity index is 2.41. The quantitative estimate of drug-likeness (QED) is 0.0264. The van der Waals surface area contributed by atoms with Crippen molar-refractivity contribution in [2.24, 2.45) is 0 Å². The molecule has 0 radical (unpaired) electrons. The molecule has 1 aliphatic rings. The Morgan fingerprint density at radius 2 is 0.911 bits per heavy atom. The molecule has 1 aliphatic heterocycles. The number of carbonyl (C=O) groups is 2. The van der Waals surface area contributed by atoms with E-state index in [1.165, 1.54) is 128 Å². The van der Waals surface area contributed by atoms with E-state index in [1.807, 2.05) is 0 Å². The smallest absolute Gasteiger partial charge is 0.306 e. The Hall–Kier alpha value is -1.35. The summed E-state index contributed by atoms with van der Waals surface area (Å²) in [4.78, 5) is 25.3. The first-order valence-corrected chi connectivity index (χ1v) is 24.2. The molecule has 0 aromatic carbocycles. The molecule has 1 rings (SSSR count). The number of aliphatic hydroxyl groups is 3. The molecule has 6 atom stereocenters. The summed E-state index contributed by atoms with van der Waals surface area (Å²) in [6.45, 7) is 3.76. The van der Waals surface area contributed by atoms with Crippen LogP contribution in [0.2, 0.25) is 0 Å². The van der Waals surface area contributed by atoms with Crippen molar-refractivity contribution in [1.82, 2.24) is 0 Å². The summed E-state index contributed by atoms with van der Waals surface area (Å²) in [6.07, 6.45) is 24.4. The number of hydrogen-bond acceptors (Lipinski definition) is 11. The van der Waals surface area contributed by atoms with Gasteiger partial charge in [-0.2, -0.15) is 8.42 Å². The van der Waals surface area contributed by atoms with E-state index in [9.17, 15) is 37.9 Å². The van der Waals surface area contributed by atoms with Gasteiger partial charge >= 0.3 is 11.9 Å². The number of hydrogen-bond donors (Lipinski definition) is 4. The molecule has 12 nitrogen and oxygen atoms in total. The van der Waals surface area contributed by atoms with Crippen molar-refractivity contribution in [2.75, 3.05) is 19.0 Å². The van der Waals surface area contributed by atoms with Crippen molar-refractivity contribution < 1.29 is 56.8 Å². The van der Waals surface area contributed by atoms with Gasteiger partial charge in [-0.25, -0.2) is 0 Å². The molecule has 4 N–H and O–H groups in total. The molecule has 0 aliphatic carbocycles. The van der Waals surface area contributed by atoms with Crippen molar-refractivity contribution in [3.63, 3.8) is 0 Å². The first-order valence-electron chi connectivity index (χ1n) is 22.6. The Morgan fingerprint density at radius 1 is 0.536 bits per heavy atom. The van der Waals surface area contributed by atoms with Crippen LogP contribution in [0.4, 0.5) is 0 Å². The van der Waals surface area contributed by atoms with Crippen molar-refractivity contribution in [1.29, 1.82) is 0 Å². The van der Waals surface area contributed by atoms with Crippen molar-refractivity contribution in [3.8, 4) is 0 Å². The van der Waals surface area contributed by atoms with E-state index in [2.05, 4.69) is 13.8 Å². The van der Waals surface area contributed by atoms with E-state index in [1.54, 1.807) is 0 Å². The fourth-order valence-electron chi connectivity index (χ4n) is 7.15. The average Bonchev–Trinajstić information content (AvgIpc) is 3.16. The van der Waals surface area contributed by atoms with Crippen LogP contribution >= 0.6 is 0 Å². The summed E-state index contributed by atoms with van der Waals surface area (Å²) in [6, 6.07) is 0. The molecule has 0 saturated carbocycles. The topological polar surface area (TPSA) is 186 Å². The molecule has 1 heterocycles. The lowest BCUT2D eigenvalue weighted by atomic mass is 10.00. The molecule has 56 heavy (non-hydrogen) atoms. The summed E-state index contributed by atoms with van der Waals surface area (Å²) in [7, 11) is -4.59. The van der Waals surface area contributed by atoms with Crippen molar-refractivity contribution >= 4 is 22.1 Å². The molecule has 0 bridgehead atoms. The average molecular weight is 823 g/mol. The maximum absolute atomic E-state index is 12.8. The first kappa shape index (κ1) is 52.7. The Bertz CT molecular complexity index is 1060. The van der Waals surface area contributed by atoms with E-state index in [-0.39, 0.29) is 19.4 Å². The number of aliphatic hydroxyl groups excluding tert-OH is 3. The molecule has 0 amide bonds. The summed E-state index contributed by atoms with van der Waals surface area (Å²) in [5, 5.41) is 30.8. The van der Waals surface area contributed by atoms with E-state index < -0.39 is 71.2 Å². The highest BCUT2D eigenvalue weighted by Gasteiger charge is 2.46. The lowest BCUT2D eigenvalue weighted by molar-refractivity contribution is -0.297. The van der Waals surface area contributed by atoms with Crippen molar-refractivity contribution in [3.05, 3.63) is 0 Å². The zero-order chi connectivity index (χ0) is 41.3. The van der Waals surface area contributed by atoms with Crippen LogP contribution in [-0.2, 0) is 38.7 Å². The van der Waals surface area contributed by atoms with Gasteiger partial charge in [0.1, 0.15) is 36.8 Å². The van der Waals surface area contributed by atoms with Gasteiger partial charge in [0.25, 0.3) is 10.1 Å². The summed E-state index contributed by atoms with van der Waals surface area (Å²) in [5.41, 5.74) is 0. The maximum atomic E-state index is 12.8. The third-order valence-electron chi connectivity index (χ3n) is 10.7. The van der Waals surface area contributed by atoms with Crippen LogP contribution in [-0.4, -0.2) is 96.0 Å². The minimum Gasteiger partial charge on any atom is -0.462 e. The van der Waals surface area contributed by atoms with Crippen LogP contribution < -0.4 is 0 Å². The minimum atomic E-state index is -4.59. The van der Waals surface area contributed by atoms with Crippen molar-refractivity contribution in [2.45, 2.75) is 243 Å². The highest BCUT2D eigenvalue weighted by molar-refractivity contribution is 7.85. The SMILES string of the molecule is CCCCCCCCCCCCCCCCCCCC(=O)OC[C@H](CO[C@H]1O[C@H](CS(=O)(=O)O)[C@@H](O)[C@H](O)[C@H]1O)OC(=O)CCCCCCCCCCCCC. The second kappa shape index (κ2) is 34.5. The van der Waals surface area contributed by atoms with E-state index in [4.69, 9.17) is 18.9 Å². The molecular formula is C43H82O12S. The normalized spacial score (nSPS) is 20.6. The Morgan fingerprint density at radius 3 is 1.30 bits per heavy atom. The van der Waals surface area contributed by atoms with E-state index >= 15 is 0 Å². The van der Waals surface area contributed by atoms with E-state index in [0.29, 0.717) is 12.8 Å². The number of unbranched alkanes of at least 4 members (excludes halogenated alkanes) is 26. The van der Waals surface area contributed by atoms with E-state index in [0.717, 1.165) is 38.5 Å². The number of esters is 2. The van der Waals surface area contributed by atoms with Gasteiger partial charge in [0.15, 0.2) is 12.4 Å². The van der Waals surface area contributed by atoms with Crippen LogP contribution in [0.3, 0.4) is 0 Å². The molecule has 0 spiro atoms. The van der Waals surface area contributed by atoms with Gasteiger partial charge in [0, 0.05) is 12.8 Å². The molecule has 0 aromatic heterocycles. The zero-order valence-electron chi connectivity index (χ0n) is 35.3. The second-order valence-electron chi connectivity index (χ2n) is 16.1. The lowest BCUT2D eigenvalue weighted by Gasteiger charge is -2.40. The number of ether oxygens (including phenoxy) is 4. The van der Waals surface area contributed by atoms with Crippen LogP contribution in [0.15, 0.2) is 0 Å². The third kappa shape index (κ3) is 29.0. The largest absolute Gasteiger partial charge is 0.462 e. The second-order valence-corrected chi connectivity index (χ2v) is 17.6. The molecule has 13 heteroatoms. The van der Waals surface area contributed by atoms with Crippen LogP contribution in [0.5, 0.6) is 0 Å². The molecule has 0 unspecified atom stereocenters. The molecule has 1 fully saturated rings. The lowest BCUT2D eigenvalue weighted by Crippen LogP contribution is -2.60. The fourth-order valence-corrected chi connectivity index (χ4v) is 7.84. The molecule has 1 saturated heterocycles. The Kier molecular flexibility index (Phi) is 32.5. The third-order valence-corrected chi connectivity index (χ3v) is 11.4. The Labute approximate surface area is 340 Å². The predicted molar refractivity (Wildman–Crippen MR) is 220 cm³/mol. The monoisotopic (exact) mass is 823 g/mol. The summed E-state index contributed by atoms with van der Waals surface area (Å²) in [5.74, 6) is -1.96. The van der Waals surface area contributed by atoms with Crippen LogP contribution in [0, 0.1) is 0 Å². The number of carbonyl (C=O) groups excluding carboxylic acids is 2. The summed E-state index contributed by atoms with van der Waals surface area (Å²) < 4.78 is 54.0. The molecular weight excluding hydrogens is 741 g/mol. The van der Waals surface area contributed by atoms with Crippen LogP contribution in [0.1, 0.15) is 206 Å². The highest BCUT2D eigenvalue weighted by atomic mass is 32.2.